The number of aromatic amines is 2. The molecule has 5 nitrogen and oxygen atoms in total. The van der Waals surface area contributed by atoms with Crippen molar-refractivity contribution in [3.63, 3.8) is 0 Å². The maximum Gasteiger partial charge on any atom is 0.259 e. The number of hydrogen-bond donors (Lipinski definition) is 2. The second-order valence-corrected chi connectivity index (χ2v) is 8.54. The summed E-state index contributed by atoms with van der Waals surface area (Å²) in [6, 6.07) is 13.1. The molecule has 0 saturated heterocycles. The van der Waals surface area contributed by atoms with E-state index in [4.69, 9.17) is 11.6 Å². The van der Waals surface area contributed by atoms with Gasteiger partial charge in [-0.25, -0.2) is 4.98 Å². The third-order valence-corrected chi connectivity index (χ3v) is 6.31. The van der Waals surface area contributed by atoms with Gasteiger partial charge >= 0.3 is 0 Å². The van der Waals surface area contributed by atoms with Crippen LogP contribution < -0.4 is 5.56 Å². The summed E-state index contributed by atoms with van der Waals surface area (Å²) in [5.41, 5.74) is 3.14. The van der Waals surface area contributed by atoms with Crippen molar-refractivity contribution in [3.8, 4) is 0 Å². The van der Waals surface area contributed by atoms with Crippen molar-refractivity contribution in [2.24, 2.45) is 0 Å². The molecular weight excluding hydrogens is 410 g/mol. The van der Waals surface area contributed by atoms with Gasteiger partial charge in [0.1, 0.15) is 5.82 Å². The van der Waals surface area contributed by atoms with Gasteiger partial charge in [0.15, 0.2) is 5.78 Å². The molecule has 2 aromatic carbocycles. The first kappa shape index (κ1) is 19.8. The molecule has 1 aliphatic carbocycles. The minimum Gasteiger partial charge on any atom is -0.338 e. The number of para-hydroxylation sites is 2. The Morgan fingerprint density at radius 2 is 1.84 bits per heavy atom. The number of nitrogens with one attached hydrogen (secondary N) is 2. The lowest BCUT2D eigenvalue weighted by Gasteiger charge is -2.25. The molecule has 0 unspecified atom stereocenters. The molecule has 31 heavy (non-hydrogen) atoms. The number of carbonyl (C=O) groups excluding carboxylic acids is 1. The number of pyridine rings is 1. The Hall–Kier alpha value is -3.18. The summed E-state index contributed by atoms with van der Waals surface area (Å²) < 4.78 is 0. The molecule has 2 heterocycles. The van der Waals surface area contributed by atoms with Crippen molar-refractivity contribution in [2.75, 3.05) is 0 Å². The zero-order valence-corrected chi connectivity index (χ0v) is 17.7. The van der Waals surface area contributed by atoms with Gasteiger partial charge in [-0.2, -0.15) is 0 Å². The van der Waals surface area contributed by atoms with Crippen LogP contribution in [-0.4, -0.2) is 20.7 Å². The normalized spacial score (nSPS) is 15.3. The smallest absolute Gasteiger partial charge is 0.259 e. The summed E-state index contributed by atoms with van der Waals surface area (Å²) in [6.07, 6.45) is 8.40. The Labute approximate surface area is 184 Å². The van der Waals surface area contributed by atoms with Crippen molar-refractivity contribution in [1.29, 1.82) is 0 Å². The largest absolute Gasteiger partial charge is 0.338 e. The van der Waals surface area contributed by atoms with Crippen LogP contribution in [0.1, 0.15) is 59.8 Å². The number of nitrogens with zero attached hydrogens (tertiary/aromatic N) is 1. The van der Waals surface area contributed by atoms with Gasteiger partial charge < -0.3 is 9.97 Å². The Kier molecular flexibility index (Phi) is 5.20. The van der Waals surface area contributed by atoms with Gasteiger partial charge in [0.25, 0.3) is 5.56 Å². The van der Waals surface area contributed by atoms with Crippen molar-refractivity contribution in [1.82, 2.24) is 15.0 Å². The Balaban J connectivity index is 1.61. The highest BCUT2D eigenvalue weighted by Gasteiger charge is 2.26. The molecule has 156 valence electrons. The zero-order valence-electron chi connectivity index (χ0n) is 17.0. The minimum atomic E-state index is -0.352. The molecule has 1 aliphatic rings. The topological polar surface area (TPSA) is 78.6 Å². The summed E-state index contributed by atoms with van der Waals surface area (Å²) in [4.78, 5) is 36.8. The quantitative estimate of drug-likeness (QED) is 0.307. The number of hydrogen-bond acceptors (Lipinski definition) is 3. The average Bonchev–Trinajstić information content (AvgIpc) is 3.20. The first-order valence-electron chi connectivity index (χ1n) is 10.6. The number of H-pyrrole nitrogens is 2. The zero-order chi connectivity index (χ0) is 21.4. The lowest BCUT2D eigenvalue weighted by Crippen LogP contribution is -2.22. The summed E-state index contributed by atoms with van der Waals surface area (Å²) in [6.45, 7) is 0. The predicted molar refractivity (Wildman–Crippen MR) is 125 cm³/mol. The fourth-order valence-electron chi connectivity index (χ4n) is 4.64. The summed E-state index contributed by atoms with van der Waals surface area (Å²) >= 11 is 6.28. The highest BCUT2D eigenvalue weighted by atomic mass is 35.5. The number of carbonyl (C=O) groups is 1. The van der Waals surface area contributed by atoms with E-state index in [1.54, 1.807) is 12.1 Å². The van der Waals surface area contributed by atoms with E-state index in [0.717, 1.165) is 47.7 Å². The Morgan fingerprint density at radius 3 is 2.65 bits per heavy atom. The number of aromatic nitrogens is 3. The van der Waals surface area contributed by atoms with Crippen LogP contribution in [0, 0.1) is 0 Å². The summed E-state index contributed by atoms with van der Waals surface area (Å²) in [5.74, 6) is 0.439. The SMILES string of the molecule is O=C(/C=C/c1nc2ccccc2[nH]1)c1c(C2CCCCC2)c2cc(Cl)ccc2[nH]c1=O. The lowest BCUT2D eigenvalue weighted by atomic mass is 9.80. The molecular formula is C25H22ClN3O2. The Morgan fingerprint density at radius 1 is 1.03 bits per heavy atom. The Bertz CT molecular complexity index is 1340. The summed E-state index contributed by atoms with van der Waals surface area (Å²) in [7, 11) is 0. The highest BCUT2D eigenvalue weighted by molar-refractivity contribution is 6.31. The molecule has 5 rings (SSSR count). The van der Waals surface area contributed by atoms with E-state index < -0.39 is 0 Å². The standard InChI is InChI=1S/C25H22ClN3O2/c26-16-10-11-18-17(14-16)23(15-6-2-1-3-7-15)24(25(31)29-18)21(30)12-13-22-27-19-8-4-5-9-20(19)28-22/h4-5,8-15H,1-3,6-7H2,(H,27,28)(H,29,31)/b13-12+. The van der Waals surface area contributed by atoms with Gasteiger partial charge in [0.05, 0.1) is 16.6 Å². The highest BCUT2D eigenvalue weighted by Crippen LogP contribution is 2.38. The monoisotopic (exact) mass is 431 g/mol. The first-order chi connectivity index (χ1) is 15.1. The fourth-order valence-corrected chi connectivity index (χ4v) is 4.81. The maximum absolute atomic E-state index is 13.3. The minimum absolute atomic E-state index is 0.176. The number of ketones is 1. The van der Waals surface area contributed by atoms with Crippen molar-refractivity contribution in [2.45, 2.75) is 38.0 Å². The van der Waals surface area contributed by atoms with E-state index in [2.05, 4.69) is 15.0 Å². The molecule has 0 bridgehead atoms. The summed E-state index contributed by atoms with van der Waals surface area (Å²) in [5, 5.41) is 1.45. The molecule has 4 aromatic rings. The molecule has 0 spiro atoms. The molecule has 0 aliphatic heterocycles. The predicted octanol–water partition coefficient (Wildman–Crippen LogP) is 6.00. The fraction of sp³-hybridized carbons (Fsp3) is 0.240. The average molecular weight is 432 g/mol. The molecule has 0 amide bonds. The maximum atomic E-state index is 13.3. The van der Waals surface area contributed by atoms with Gasteiger partial charge in [-0.15, -0.1) is 0 Å². The van der Waals surface area contributed by atoms with Crippen LogP contribution in [0.15, 0.2) is 53.3 Å². The number of allylic oxidation sites excluding steroid dienone is 1. The van der Waals surface area contributed by atoms with E-state index in [-0.39, 0.29) is 22.8 Å². The van der Waals surface area contributed by atoms with Crippen LogP contribution in [0.25, 0.3) is 28.0 Å². The number of halogens is 1. The van der Waals surface area contributed by atoms with E-state index in [9.17, 15) is 9.59 Å². The van der Waals surface area contributed by atoms with E-state index in [1.165, 1.54) is 12.5 Å². The number of fused-ring (bicyclic) bond motifs is 2. The van der Waals surface area contributed by atoms with Crippen LogP contribution in [0.4, 0.5) is 0 Å². The van der Waals surface area contributed by atoms with Gasteiger partial charge in [-0.05, 0) is 66.8 Å². The molecule has 1 fully saturated rings. The third kappa shape index (κ3) is 3.81. The molecule has 0 radical (unpaired) electrons. The van der Waals surface area contributed by atoms with Gasteiger partial charge in [-0.1, -0.05) is 43.0 Å². The number of rotatable bonds is 4. The van der Waals surface area contributed by atoms with Crippen LogP contribution in [-0.2, 0) is 0 Å². The van der Waals surface area contributed by atoms with Gasteiger partial charge in [0, 0.05) is 15.9 Å². The molecule has 2 aromatic heterocycles. The van der Waals surface area contributed by atoms with Crippen molar-refractivity contribution in [3.05, 3.63) is 80.9 Å². The van der Waals surface area contributed by atoms with Crippen LogP contribution in [0.5, 0.6) is 0 Å². The molecule has 2 N–H and O–H groups in total. The van der Waals surface area contributed by atoms with Crippen LogP contribution in [0.2, 0.25) is 5.02 Å². The molecule has 0 atom stereocenters. The first-order valence-corrected chi connectivity index (χ1v) is 11.0. The second-order valence-electron chi connectivity index (χ2n) is 8.10. The third-order valence-electron chi connectivity index (χ3n) is 6.08. The van der Waals surface area contributed by atoms with Crippen LogP contribution >= 0.6 is 11.6 Å². The van der Waals surface area contributed by atoms with Crippen LogP contribution in [0.3, 0.4) is 0 Å². The van der Waals surface area contributed by atoms with E-state index >= 15 is 0 Å². The lowest BCUT2D eigenvalue weighted by molar-refractivity contribution is 0.104. The van der Waals surface area contributed by atoms with E-state index in [0.29, 0.717) is 16.4 Å². The van der Waals surface area contributed by atoms with Crippen molar-refractivity contribution < 1.29 is 4.79 Å². The van der Waals surface area contributed by atoms with Crippen molar-refractivity contribution >= 4 is 45.4 Å². The molecule has 6 heteroatoms. The van der Waals surface area contributed by atoms with Gasteiger partial charge in [0.2, 0.25) is 0 Å². The second kappa shape index (κ2) is 8.16. The van der Waals surface area contributed by atoms with E-state index in [1.807, 2.05) is 36.4 Å². The van der Waals surface area contributed by atoms with Gasteiger partial charge in [-0.3, -0.25) is 9.59 Å². The number of benzene rings is 2. The number of imidazole rings is 1. The molecule has 1 saturated carbocycles.